The summed E-state index contributed by atoms with van der Waals surface area (Å²) in [5.41, 5.74) is 0.168. The fourth-order valence-electron chi connectivity index (χ4n) is 4.83. The van der Waals surface area contributed by atoms with E-state index in [1.165, 1.54) is 12.1 Å². The highest BCUT2D eigenvalue weighted by atomic mass is 16.7. The Labute approximate surface area is 215 Å². The molecule has 0 bridgehead atoms. The third-order valence-electron chi connectivity index (χ3n) is 6.67. The minimum Gasteiger partial charge on any atom is -0.508 e. The van der Waals surface area contributed by atoms with Crippen LogP contribution in [0, 0.1) is 0 Å². The van der Waals surface area contributed by atoms with Crippen molar-refractivity contribution in [3.8, 4) is 28.7 Å². The maximum absolute atomic E-state index is 13.2. The Morgan fingerprint density at radius 1 is 0.919 bits per heavy atom. The summed E-state index contributed by atoms with van der Waals surface area (Å²) in [4.78, 5) is 38.5. The van der Waals surface area contributed by atoms with Crippen molar-refractivity contribution in [1.29, 1.82) is 0 Å². The summed E-state index contributed by atoms with van der Waals surface area (Å²) in [6.45, 7) is 4.04. The van der Waals surface area contributed by atoms with Gasteiger partial charge in [0.15, 0.2) is 11.5 Å². The Morgan fingerprint density at radius 3 is 2.38 bits per heavy atom. The van der Waals surface area contributed by atoms with E-state index in [1.807, 2.05) is 13.8 Å². The summed E-state index contributed by atoms with van der Waals surface area (Å²) < 4.78 is 16.9. The van der Waals surface area contributed by atoms with Gasteiger partial charge >= 0.3 is 11.9 Å². The molecule has 2 aliphatic rings. The first kappa shape index (κ1) is 26.5. The Kier molecular flexibility index (Phi) is 7.73. The van der Waals surface area contributed by atoms with Crippen LogP contribution < -0.4 is 9.47 Å². The number of Topliss-reactive ketones (excluding diaryl/α,β-unsaturated/α-hetero) is 1. The number of aliphatic hydroxyl groups is 1. The average molecular weight is 513 g/mol. The Hall–Kier alpha value is -3.59. The van der Waals surface area contributed by atoms with Crippen molar-refractivity contribution in [2.24, 2.45) is 0 Å². The largest absolute Gasteiger partial charge is 0.508 e. The van der Waals surface area contributed by atoms with Gasteiger partial charge < -0.3 is 29.5 Å². The van der Waals surface area contributed by atoms with Gasteiger partial charge in [-0.25, -0.2) is 9.59 Å². The van der Waals surface area contributed by atoms with Gasteiger partial charge in [-0.15, -0.1) is 0 Å². The molecule has 37 heavy (non-hydrogen) atoms. The van der Waals surface area contributed by atoms with Gasteiger partial charge in [-0.05, 0) is 24.5 Å². The Bertz CT molecular complexity index is 1230. The molecule has 0 aliphatic carbocycles. The number of aromatic hydroxyl groups is 2. The highest BCUT2D eigenvalue weighted by molar-refractivity contribution is 6.01. The predicted octanol–water partition coefficient (Wildman–Crippen LogP) is 5.10. The average Bonchev–Trinajstić information content (AvgIpc) is 2.94. The molecule has 0 saturated heterocycles. The summed E-state index contributed by atoms with van der Waals surface area (Å²) in [7, 11) is 0. The van der Waals surface area contributed by atoms with Gasteiger partial charge in [0.1, 0.15) is 34.2 Å². The van der Waals surface area contributed by atoms with Crippen LogP contribution in [0.1, 0.15) is 97.1 Å². The number of fused-ring (bicyclic) bond motifs is 4. The molecular formula is C28H32O9. The van der Waals surface area contributed by atoms with Gasteiger partial charge in [-0.3, -0.25) is 4.79 Å². The smallest absolute Gasteiger partial charge is 0.347 e. The van der Waals surface area contributed by atoms with E-state index in [0.29, 0.717) is 12.8 Å². The van der Waals surface area contributed by atoms with E-state index in [4.69, 9.17) is 14.2 Å². The first-order valence-electron chi connectivity index (χ1n) is 12.8. The normalized spacial score (nSPS) is 18.0. The van der Waals surface area contributed by atoms with Crippen LogP contribution in [0.5, 0.6) is 28.7 Å². The summed E-state index contributed by atoms with van der Waals surface area (Å²) in [6.07, 6.45) is 5.17. The zero-order chi connectivity index (χ0) is 26.7. The predicted molar refractivity (Wildman–Crippen MR) is 132 cm³/mol. The van der Waals surface area contributed by atoms with E-state index in [2.05, 4.69) is 0 Å². The molecule has 198 valence electrons. The molecule has 0 radical (unpaired) electrons. The summed E-state index contributed by atoms with van der Waals surface area (Å²) >= 11 is 0. The lowest BCUT2D eigenvalue weighted by Gasteiger charge is -2.34. The van der Waals surface area contributed by atoms with E-state index in [0.717, 1.165) is 38.2 Å². The lowest BCUT2D eigenvalue weighted by molar-refractivity contribution is -0.174. The number of carbonyl (C=O) groups is 3. The lowest BCUT2D eigenvalue weighted by Crippen LogP contribution is -2.41. The third-order valence-corrected chi connectivity index (χ3v) is 6.67. The maximum Gasteiger partial charge on any atom is 0.347 e. The SMILES string of the molecule is CCCCCC(=O)Cc1cc(O)cc2c1C(=O)Oc1cc(O)c3c(c1O2)C[C@@](O)(CCCCC)OC3=O. The first-order chi connectivity index (χ1) is 17.7. The first-order valence-corrected chi connectivity index (χ1v) is 12.8. The molecule has 2 aliphatic heterocycles. The molecular weight excluding hydrogens is 480 g/mol. The Morgan fingerprint density at radius 2 is 1.65 bits per heavy atom. The van der Waals surface area contributed by atoms with Crippen LogP contribution >= 0.6 is 0 Å². The number of ketones is 1. The summed E-state index contributed by atoms with van der Waals surface area (Å²) in [6, 6.07) is 3.63. The topological polar surface area (TPSA) is 140 Å². The number of esters is 2. The van der Waals surface area contributed by atoms with E-state index in [-0.39, 0.29) is 70.3 Å². The molecule has 2 aromatic rings. The van der Waals surface area contributed by atoms with Crippen LogP contribution in [0.2, 0.25) is 0 Å². The number of hydrogen-bond acceptors (Lipinski definition) is 9. The summed E-state index contributed by atoms with van der Waals surface area (Å²) in [5, 5.41) is 32.0. The number of carbonyl (C=O) groups excluding carboxylic acids is 3. The van der Waals surface area contributed by atoms with Crippen LogP contribution in [0.15, 0.2) is 18.2 Å². The van der Waals surface area contributed by atoms with E-state index < -0.39 is 23.5 Å². The minimum atomic E-state index is -1.82. The molecule has 4 rings (SSSR count). The number of cyclic esters (lactones) is 1. The Balaban J connectivity index is 1.74. The molecule has 0 spiro atoms. The molecule has 0 unspecified atom stereocenters. The van der Waals surface area contributed by atoms with E-state index in [9.17, 15) is 29.7 Å². The van der Waals surface area contributed by atoms with Crippen LogP contribution in [0.25, 0.3) is 0 Å². The highest BCUT2D eigenvalue weighted by Gasteiger charge is 2.43. The second kappa shape index (κ2) is 10.8. The van der Waals surface area contributed by atoms with Crippen molar-refractivity contribution in [1.82, 2.24) is 0 Å². The number of rotatable bonds is 10. The molecule has 2 heterocycles. The monoisotopic (exact) mass is 512 g/mol. The highest BCUT2D eigenvalue weighted by Crippen LogP contribution is 2.49. The number of benzene rings is 2. The van der Waals surface area contributed by atoms with Crippen LogP contribution in [0.3, 0.4) is 0 Å². The zero-order valence-electron chi connectivity index (χ0n) is 21.1. The number of ether oxygens (including phenoxy) is 3. The minimum absolute atomic E-state index is 0.0253. The number of unbranched alkanes of at least 4 members (excludes halogenated alkanes) is 4. The fourth-order valence-corrected chi connectivity index (χ4v) is 4.83. The summed E-state index contributed by atoms with van der Waals surface area (Å²) in [5.74, 6) is -4.61. The van der Waals surface area contributed by atoms with Gasteiger partial charge in [0.25, 0.3) is 0 Å². The van der Waals surface area contributed by atoms with Crippen LogP contribution in [0.4, 0.5) is 0 Å². The van der Waals surface area contributed by atoms with Crippen molar-refractivity contribution in [3.05, 3.63) is 40.5 Å². The van der Waals surface area contributed by atoms with Gasteiger partial charge in [0.2, 0.25) is 5.79 Å². The fraction of sp³-hybridized carbons (Fsp3) is 0.464. The molecule has 3 N–H and O–H groups in total. The third kappa shape index (κ3) is 5.56. The van der Waals surface area contributed by atoms with Crippen molar-refractivity contribution < 1.29 is 43.9 Å². The second-order valence-electron chi connectivity index (χ2n) is 9.69. The quantitative estimate of drug-likeness (QED) is 0.225. The van der Waals surface area contributed by atoms with E-state index >= 15 is 0 Å². The standard InChI is InChI=1S/C28H32O9/c1-3-5-7-9-17(29)11-16-12-18(30)13-21-23(16)26(32)36-22-14-20(31)24-19(25(22)35-21)15-28(34,37-27(24)33)10-8-6-4-2/h12-14,30-31,34H,3-11,15H2,1-2H3/t28-/m1/s1. The van der Waals surface area contributed by atoms with Gasteiger partial charge in [0.05, 0.1) is 0 Å². The zero-order valence-corrected chi connectivity index (χ0v) is 21.1. The van der Waals surface area contributed by atoms with Crippen molar-refractivity contribution in [2.75, 3.05) is 0 Å². The molecule has 9 nitrogen and oxygen atoms in total. The molecule has 9 heteroatoms. The van der Waals surface area contributed by atoms with Gasteiger partial charge in [-0.1, -0.05) is 39.5 Å². The van der Waals surface area contributed by atoms with Crippen LogP contribution in [-0.4, -0.2) is 38.8 Å². The molecule has 0 amide bonds. The molecule has 1 atom stereocenters. The van der Waals surface area contributed by atoms with E-state index in [1.54, 1.807) is 0 Å². The number of hydrogen-bond donors (Lipinski definition) is 3. The van der Waals surface area contributed by atoms with Crippen LogP contribution in [-0.2, 0) is 22.4 Å². The molecule has 0 aromatic heterocycles. The molecule has 0 fully saturated rings. The second-order valence-corrected chi connectivity index (χ2v) is 9.69. The van der Waals surface area contributed by atoms with Gasteiger partial charge in [0, 0.05) is 43.4 Å². The number of phenolic OH excluding ortho intramolecular Hbond substituents is 2. The lowest BCUT2D eigenvalue weighted by atomic mass is 9.91. The number of phenols is 2. The van der Waals surface area contributed by atoms with Gasteiger partial charge in [-0.2, -0.15) is 0 Å². The van der Waals surface area contributed by atoms with Crippen molar-refractivity contribution in [3.63, 3.8) is 0 Å². The molecule has 2 aromatic carbocycles. The van der Waals surface area contributed by atoms with Crippen molar-refractivity contribution >= 4 is 17.7 Å². The molecule has 0 saturated carbocycles. The maximum atomic E-state index is 13.2. The van der Waals surface area contributed by atoms with Crippen molar-refractivity contribution in [2.45, 2.75) is 83.8 Å².